The maximum absolute atomic E-state index is 5.76. The highest BCUT2D eigenvalue weighted by molar-refractivity contribution is 5.51. The molecule has 0 saturated carbocycles. The Morgan fingerprint density at radius 1 is 1.24 bits per heavy atom. The van der Waals surface area contributed by atoms with Gasteiger partial charge in [0, 0.05) is 13.6 Å². The lowest BCUT2D eigenvalue weighted by molar-refractivity contribution is 0.897. The molecule has 88 valence electrons. The number of nitrogens with zero attached hydrogens (tertiary/aromatic N) is 2. The van der Waals surface area contributed by atoms with Crippen LogP contribution in [0.1, 0.15) is 11.1 Å². The van der Waals surface area contributed by atoms with Gasteiger partial charge in [0.1, 0.15) is 5.82 Å². The van der Waals surface area contributed by atoms with Gasteiger partial charge in [-0.3, -0.25) is 0 Å². The van der Waals surface area contributed by atoms with Crippen molar-refractivity contribution in [1.82, 2.24) is 4.98 Å². The fourth-order valence-electron chi connectivity index (χ4n) is 1.70. The lowest BCUT2D eigenvalue weighted by Crippen LogP contribution is -2.17. The minimum atomic E-state index is 0.738. The second-order valence-electron chi connectivity index (χ2n) is 4.24. The van der Waals surface area contributed by atoms with Gasteiger partial charge in [-0.25, -0.2) is 4.98 Å². The molecule has 1 heterocycles. The van der Waals surface area contributed by atoms with E-state index in [1.807, 2.05) is 38.2 Å². The molecule has 0 bridgehead atoms. The highest BCUT2D eigenvalue weighted by Gasteiger charge is 2.04. The molecule has 0 fully saturated rings. The summed E-state index contributed by atoms with van der Waals surface area (Å²) in [6.07, 6.45) is 1.71. The van der Waals surface area contributed by atoms with Crippen molar-refractivity contribution < 1.29 is 0 Å². The summed E-state index contributed by atoms with van der Waals surface area (Å²) in [7, 11) is 2.03. The van der Waals surface area contributed by atoms with Crippen molar-refractivity contribution in [1.29, 1.82) is 0 Å². The Kier molecular flexibility index (Phi) is 3.28. The summed E-state index contributed by atoms with van der Waals surface area (Å²) in [5.74, 6) is 0.945. The van der Waals surface area contributed by atoms with Gasteiger partial charge in [-0.1, -0.05) is 30.3 Å². The van der Waals surface area contributed by atoms with Gasteiger partial charge in [-0.2, -0.15) is 0 Å². The summed E-state index contributed by atoms with van der Waals surface area (Å²) in [6.45, 7) is 2.84. The molecule has 1 aromatic carbocycles. The van der Waals surface area contributed by atoms with Crippen LogP contribution >= 0.6 is 0 Å². The van der Waals surface area contributed by atoms with Crippen LogP contribution in [-0.2, 0) is 6.54 Å². The third-order valence-corrected chi connectivity index (χ3v) is 2.79. The molecule has 2 rings (SSSR count). The number of rotatable bonds is 3. The van der Waals surface area contributed by atoms with Gasteiger partial charge in [-0.15, -0.1) is 0 Å². The first kappa shape index (κ1) is 11.5. The highest BCUT2D eigenvalue weighted by Crippen LogP contribution is 2.17. The maximum Gasteiger partial charge on any atom is 0.128 e. The Morgan fingerprint density at radius 2 is 1.94 bits per heavy atom. The minimum absolute atomic E-state index is 0.738. The molecule has 1 aromatic heterocycles. The van der Waals surface area contributed by atoms with E-state index in [4.69, 9.17) is 5.73 Å². The molecule has 17 heavy (non-hydrogen) atoms. The van der Waals surface area contributed by atoms with E-state index in [2.05, 4.69) is 22.0 Å². The predicted octanol–water partition coefficient (Wildman–Crippen LogP) is 2.61. The van der Waals surface area contributed by atoms with Crippen molar-refractivity contribution in [3.05, 3.63) is 53.7 Å². The Bertz CT molecular complexity index is 494. The SMILES string of the molecule is Cc1cc(N(C)Cc2ccccc2)ncc1N. The van der Waals surface area contributed by atoms with Crippen LogP contribution in [0.5, 0.6) is 0 Å². The van der Waals surface area contributed by atoms with Gasteiger partial charge in [0.15, 0.2) is 0 Å². The van der Waals surface area contributed by atoms with Crippen LogP contribution in [0.25, 0.3) is 0 Å². The summed E-state index contributed by atoms with van der Waals surface area (Å²) in [5.41, 5.74) is 8.83. The fraction of sp³-hybridized carbons (Fsp3) is 0.214. The third kappa shape index (κ3) is 2.75. The first-order valence-corrected chi connectivity index (χ1v) is 5.64. The Hall–Kier alpha value is -2.03. The average Bonchev–Trinajstić information content (AvgIpc) is 2.34. The predicted molar refractivity (Wildman–Crippen MR) is 71.9 cm³/mol. The van der Waals surface area contributed by atoms with Crippen molar-refractivity contribution in [2.24, 2.45) is 0 Å². The normalized spacial score (nSPS) is 10.2. The van der Waals surface area contributed by atoms with Gasteiger partial charge in [0.25, 0.3) is 0 Å². The number of aromatic nitrogens is 1. The van der Waals surface area contributed by atoms with E-state index in [0.717, 1.165) is 23.6 Å². The summed E-state index contributed by atoms with van der Waals surface area (Å²) in [6, 6.07) is 12.4. The van der Waals surface area contributed by atoms with E-state index in [1.54, 1.807) is 6.20 Å². The highest BCUT2D eigenvalue weighted by atomic mass is 15.2. The molecule has 0 aliphatic carbocycles. The minimum Gasteiger partial charge on any atom is -0.397 e. The van der Waals surface area contributed by atoms with Crippen LogP contribution < -0.4 is 10.6 Å². The quantitative estimate of drug-likeness (QED) is 0.876. The number of pyridine rings is 1. The molecular formula is C14H17N3. The zero-order valence-electron chi connectivity index (χ0n) is 10.2. The number of nitrogen functional groups attached to an aromatic ring is 1. The second-order valence-corrected chi connectivity index (χ2v) is 4.24. The van der Waals surface area contributed by atoms with Crippen LogP contribution in [-0.4, -0.2) is 12.0 Å². The molecule has 0 aliphatic rings. The Balaban J connectivity index is 2.14. The van der Waals surface area contributed by atoms with Crippen LogP contribution in [0.2, 0.25) is 0 Å². The fourth-order valence-corrected chi connectivity index (χ4v) is 1.70. The third-order valence-electron chi connectivity index (χ3n) is 2.79. The standard InChI is InChI=1S/C14H17N3/c1-11-8-14(16-9-13(11)15)17(2)10-12-6-4-3-5-7-12/h3-9H,10,15H2,1-2H3. The van der Waals surface area contributed by atoms with Crippen molar-refractivity contribution >= 4 is 11.5 Å². The first-order chi connectivity index (χ1) is 8.16. The first-order valence-electron chi connectivity index (χ1n) is 5.64. The molecule has 3 nitrogen and oxygen atoms in total. The molecule has 0 amide bonds. The summed E-state index contributed by atoms with van der Waals surface area (Å²) >= 11 is 0. The number of aryl methyl sites for hydroxylation is 1. The van der Waals surface area contributed by atoms with Gasteiger partial charge in [0.05, 0.1) is 11.9 Å². The zero-order chi connectivity index (χ0) is 12.3. The van der Waals surface area contributed by atoms with E-state index < -0.39 is 0 Å². The lowest BCUT2D eigenvalue weighted by Gasteiger charge is -2.19. The van der Waals surface area contributed by atoms with Gasteiger partial charge >= 0.3 is 0 Å². The van der Waals surface area contributed by atoms with E-state index in [1.165, 1.54) is 5.56 Å². The number of benzene rings is 1. The topological polar surface area (TPSA) is 42.2 Å². The molecule has 0 saturated heterocycles. The number of hydrogen-bond acceptors (Lipinski definition) is 3. The molecule has 2 N–H and O–H groups in total. The van der Waals surface area contributed by atoms with Crippen LogP contribution in [0, 0.1) is 6.92 Å². The molecule has 0 atom stereocenters. The lowest BCUT2D eigenvalue weighted by atomic mass is 10.2. The van der Waals surface area contributed by atoms with Crippen molar-refractivity contribution in [3.63, 3.8) is 0 Å². The molecule has 0 radical (unpaired) electrons. The monoisotopic (exact) mass is 227 g/mol. The summed E-state index contributed by atoms with van der Waals surface area (Å²) < 4.78 is 0. The van der Waals surface area contributed by atoms with E-state index in [9.17, 15) is 0 Å². The van der Waals surface area contributed by atoms with Gasteiger partial charge in [0.2, 0.25) is 0 Å². The van der Waals surface area contributed by atoms with E-state index >= 15 is 0 Å². The van der Waals surface area contributed by atoms with Gasteiger partial charge in [-0.05, 0) is 24.1 Å². The molecular weight excluding hydrogens is 210 g/mol. The molecule has 2 aromatic rings. The van der Waals surface area contributed by atoms with Crippen LogP contribution in [0.4, 0.5) is 11.5 Å². The van der Waals surface area contributed by atoms with Crippen LogP contribution in [0.15, 0.2) is 42.6 Å². The summed E-state index contributed by atoms with van der Waals surface area (Å²) in [4.78, 5) is 6.45. The molecule has 0 spiro atoms. The van der Waals surface area contributed by atoms with E-state index in [0.29, 0.717) is 0 Å². The number of hydrogen-bond donors (Lipinski definition) is 1. The van der Waals surface area contributed by atoms with Gasteiger partial charge < -0.3 is 10.6 Å². The average molecular weight is 227 g/mol. The smallest absolute Gasteiger partial charge is 0.128 e. The van der Waals surface area contributed by atoms with Crippen LogP contribution in [0.3, 0.4) is 0 Å². The molecule has 0 aliphatic heterocycles. The van der Waals surface area contributed by atoms with Crippen molar-refractivity contribution in [2.45, 2.75) is 13.5 Å². The summed E-state index contributed by atoms with van der Waals surface area (Å²) in [5, 5.41) is 0. The molecule has 0 unspecified atom stereocenters. The van der Waals surface area contributed by atoms with E-state index in [-0.39, 0.29) is 0 Å². The Morgan fingerprint density at radius 3 is 2.59 bits per heavy atom. The van der Waals surface area contributed by atoms with Crippen molar-refractivity contribution in [3.8, 4) is 0 Å². The van der Waals surface area contributed by atoms with Crippen molar-refractivity contribution in [2.75, 3.05) is 17.7 Å². The molecule has 3 heteroatoms. The zero-order valence-corrected chi connectivity index (χ0v) is 10.2. The number of anilines is 2. The Labute approximate surface area is 102 Å². The largest absolute Gasteiger partial charge is 0.397 e. The maximum atomic E-state index is 5.76. The number of nitrogens with two attached hydrogens (primary N) is 1. The second kappa shape index (κ2) is 4.87.